The summed E-state index contributed by atoms with van der Waals surface area (Å²) in [6.45, 7) is 2.06. The molecule has 4 nitrogen and oxygen atoms in total. The van der Waals surface area contributed by atoms with E-state index in [4.69, 9.17) is 9.52 Å². The SMILES string of the molecule is CC(CCCO)NC(=O)c1occc1CSc1ccccc1. The summed E-state index contributed by atoms with van der Waals surface area (Å²) in [6.07, 6.45) is 2.97. The van der Waals surface area contributed by atoms with Crippen molar-refractivity contribution in [1.29, 1.82) is 0 Å². The molecule has 118 valence electrons. The summed E-state index contributed by atoms with van der Waals surface area (Å²) >= 11 is 1.67. The quantitative estimate of drug-likeness (QED) is 0.731. The summed E-state index contributed by atoms with van der Waals surface area (Å²) < 4.78 is 5.35. The predicted molar refractivity (Wildman–Crippen MR) is 88.0 cm³/mol. The summed E-state index contributed by atoms with van der Waals surface area (Å²) in [7, 11) is 0. The molecular weight excluding hydrogens is 298 g/mol. The topological polar surface area (TPSA) is 62.5 Å². The molecule has 2 aromatic rings. The van der Waals surface area contributed by atoms with Gasteiger partial charge in [-0.1, -0.05) is 18.2 Å². The van der Waals surface area contributed by atoms with E-state index in [0.717, 1.165) is 16.9 Å². The summed E-state index contributed by atoms with van der Waals surface area (Å²) in [6, 6.07) is 11.9. The van der Waals surface area contributed by atoms with E-state index < -0.39 is 0 Å². The molecule has 0 spiro atoms. The molecular formula is C17H21NO3S. The molecule has 0 aliphatic heterocycles. The Labute approximate surface area is 134 Å². The average molecular weight is 319 g/mol. The Morgan fingerprint density at radius 3 is 2.82 bits per heavy atom. The zero-order valence-electron chi connectivity index (χ0n) is 12.6. The number of thioether (sulfide) groups is 1. The fraction of sp³-hybridized carbons (Fsp3) is 0.353. The van der Waals surface area contributed by atoms with Crippen LogP contribution in [0.2, 0.25) is 0 Å². The van der Waals surface area contributed by atoms with Crippen molar-refractivity contribution in [2.24, 2.45) is 0 Å². The molecule has 0 aliphatic rings. The van der Waals surface area contributed by atoms with E-state index in [-0.39, 0.29) is 18.6 Å². The van der Waals surface area contributed by atoms with E-state index in [2.05, 4.69) is 5.32 Å². The van der Waals surface area contributed by atoms with Crippen molar-refractivity contribution in [2.45, 2.75) is 36.5 Å². The van der Waals surface area contributed by atoms with Crippen molar-refractivity contribution < 1.29 is 14.3 Å². The Morgan fingerprint density at radius 1 is 1.32 bits per heavy atom. The lowest BCUT2D eigenvalue weighted by atomic mass is 10.2. The van der Waals surface area contributed by atoms with Crippen LogP contribution in [0.1, 0.15) is 35.9 Å². The number of amides is 1. The largest absolute Gasteiger partial charge is 0.459 e. The van der Waals surface area contributed by atoms with Gasteiger partial charge in [-0.15, -0.1) is 11.8 Å². The summed E-state index contributed by atoms with van der Waals surface area (Å²) in [5, 5.41) is 11.7. The van der Waals surface area contributed by atoms with Crippen molar-refractivity contribution in [3.63, 3.8) is 0 Å². The first-order valence-electron chi connectivity index (χ1n) is 7.36. The smallest absolute Gasteiger partial charge is 0.287 e. The van der Waals surface area contributed by atoms with Crippen molar-refractivity contribution in [2.75, 3.05) is 6.61 Å². The molecule has 1 aromatic carbocycles. The molecule has 1 unspecified atom stereocenters. The van der Waals surface area contributed by atoms with Crippen LogP contribution in [0.3, 0.4) is 0 Å². The van der Waals surface area contributed by atoms with Gasteiger partial charge in [-0.25, -0.2) is 0 Å². The highest BCUT2D eigenvalue weighted by molar-refractivity contribution is 7.98. The molecule has 0 saturated heterocycles. The third-order valence-electron chi connectivity index (χ3n) is 3.26. The number of aliphatic hydroxyl groups is 1. The van der Waals surface area contributed by atoms with Gasteiger partial charge in [0.05, 0.1) is 6.26 Å². The maximum atomic E-state index is 12.2. The van der Waals surface area contributed by atoms with E-state index in [9.17, 15) is 4.79 Å². The van der Waals surface area contributed by atoms with Crippen LogP contribution in [0.25, 0.3) is 0 Å². The maximum absolute atomic E-state index is 12.2. The minimum Gasteiger partial charge on any atom is -0.459 e. The van der Waals surface area contributed by atoms with Crippen LogP contribution in [0, 0.1) is 0 Å². The minimum absolute atomic E-state index is 0.0133. The van der Waals surface area contributed by atoms with Gasteiger partial charge in [-0.3, -0.25) is 4.79 Å². The van der Waals surface area contributed by atoms with Crippen LogP contribution in [0.5, 0.6) is 0 Å². The molecule has 1 heterocycles. The van der Waals surface area contributed by atoms with Crippen molar-refractivity contribution in [3.05, 3.63) is 54.0 Å². The van der Waals surface area contributed by atoms with E-state index in [1.54, 1.807) is 18.0 Å². The first-order valence-corrected chi connectivity index (χ1v) is 8.35. The third kappa shape index (κ3) is 4.93. The zero-order valence-corrected chi connectivity index (χ0v) is 13.4. The first-order chi connectivity index (χ1) is 10.7. The second-order valence-corrected chi connectivity index (χ2v) is 6.17. The molecule has 0 fully saturated rings. The van der Waals surface area contributed by atoms with Gasteiger partial charge in [0.1, 0.15) is 0 Å². The molecule has 1 atom stereocenters. The maximum Gasteiger partial charge on any atom is 0.287 e. The number of aliphatic hydroxyl groups excluding tert-OH is 1. The van der Waals surface area contributed by atoms with Gasteiger partial charge < -0.3 is 14.8 Å². The highest BCUT2D eigenvalue weighted by Crippen LogP contribution is 2.24. The van der Waals surface area contributed by atoms with Crippen molar-refractivity contribution >= 4 is 17.7 Å². The number of furan rings is 1. The number of hydrogen-bond acceptors (Lipinski definition) is 4. The monoisotopic (exact) mass is 319 g/mol. The Hall–Kier alpha value is -1.72. The van der Waals surface area contributed by atoms with Gasteiger partial charge >= 0.3 is 0 Å². The zero-order chi connectivity index (χ0) is 15.8. The minimum atomic E-state index is -0.195. The molecule has 22 heavy (non-hydrogen) atoms. The van der Waals surface area contributed by atoms with E-state index in [1.165, 1.54) is 0 Å². The number of benzene rings is 1. The van der Waals surface area contributed by atoms with Gasteiger partial charge in [0, 0.05) is 28.9 Å². The first kappa shape index (κ1) is 16.6. The number of rotatable bonds is 8. The lowest BCUT2D eigenvalue weighted by Crippen LogP contribution is -2.32. The average Bonchev–Trinajstić information content (AvgIpc) is 3.00. The van der Waals surface area contributed by atoms with Crippen molar-refractivity contribution in [3.8, 4) is 0 Å². The number of carbonyl (C=O) groups excluding carboxylic acids is 1. The van der Waals surface area contributed by atoms with Gasteiger partial charge in [-0.2, -0.15) is 0 Å². The molecule has 0 bridgehead atoms. The molecule has 5 heteroatoms. The molecule has 2 N–H and O–H groups in total. The van der Waals surface area contributed by atoms with E-state index in [0.29, 0.717) is 17.9 Å². The van der Waals surface area contributed by atoms with E-state index in [1.807, 2.05) is 43.3 Å². The summed E-state index contributed by atoms with van der Waals surface area (Å²) in [5.74, 6) is 0.868. The van der Waals surface area contributed by atoms with Crippen molar-refractivity contribution in [1.82, 2.24) is 5.32 Å². The lowest BCUT2D eigenvalue weighted by Gasteiger charge is -2.12. The highest BCUT2D eigenvalue weighted by Gasteiger charge is 2.17. The number of nitrogens with one attached hydrogen (secondary N) is 1. The van der Waals surface area contributed by atoms with Gasteiger partial charge in [0.15, 0.2) is 5.76 Å². The van der Waals surface area contributed by atoms with Crippen LogP contribution in [-0.2, 0) is 5.75 Å². The molecule has 0 radical (unpaired) electrons. The van der Waals surface area contributed by atoms with Gasteiger partial charge in [0.2, 0.25) is 0 Å². The Morgan fingerprint density at radius 2 is 2.09 bits per heavy atom. The molecule has 2 rings (SSSR count). The fourth-order valence-electron chi connectivity index (χ4n) is 2.09. The highest BCUT2D eigenvalue weighted by atomic mass is 32.2. The Balaban J connectivity index is 1.92. The van der Waals surface area contributed by atoms with Crippen LogP contribution < -0.4 is 5.32 Å². The molecule has 1 amide bonds. The third-order valence-corrected chi connectivity index (χ3v) is 4.32. The summed E-state index contributed by atoms with van der Waals surface area (Å²) in [5.41, 5.74) is 0.890. The molecule has 1 aromatic heterocycles. The van der Waals surface area contributed by atoms with Crippen LogP contribution in [-0.4, -0.2) is 23.7 Å². The molecule has 0 saturated carbocycles. The normalized spacial score (nSPS) is 12.1. The number of carbonyl (C=O) groups is 1. The second-order valence-electron chi connectivity index (χ2n) is 5.12. The predicted octanol–water partition coefficient (Wildman–Crippen LogP) is 3.46. The van der Waals surface area contributed by atoms with Crippen LogP contribution in [0.15, 0.2) is 52.0 Å². The lowest BCUT2D eigenvalue weighted by molar-refractivity contribution is 0.0907. The second kappa shape index (κ2) is 8.66. The standard InChI is InChI=1S/C17H21NO3S/c1-13(6-5-10-19)18-17(20)16-14(9-11-21-16)12-22-15-7-3-2-4-8-15/h2-4,7-9,11,13,19H,5-6,10,12H2,1H3,(H,18,20). The fourth-order valence-corrected chi connectivity index (χ4v) is 2.98. The van der Waals surface area contributed by atoms with Crippen LogP contribution >= 0.6 is 11.8 Å². The van der Waals surface area contributed by atoms with Gasteiger partial charge in [0.25, 0.3) is 5.91 Å². The Bertz CT molecular complexity index is 583. The van der Waals surface area contributed by atoms with Gasteiger partial charge in [-0.05, 0) is 38.0 Å². The Kier molecular flexibility index (Phi) is 6.55. The molecule has 0 aliphatic carbocycles. The summed E-state index contributed by atoms with van der Waals surface area (Å²) in [4.78, 5) is 13.4. The number of hydrogen-bond donors (Lipinski definition) is 2. The van der Waals surface area contributed by atoms with Crippen LogP contribution in [0.4, 0.5) is 0 Å². The van der Waals surface area contributed by atoms with E-state index >= 15 is 0 Å².